The van der Waals surface area contributed by atoms with Crippen LogP contribution in [0.15, 0.2) is 35.2 Å². The fourth-order valence-corrected chi connectivity index (χ4v) is 5.28. The molecule has 0 saturated heterocycles. The number of aromatic nitrogens is 2. The molecule has 0 aliphatic heterocycles. The molecule has 2 aromatic rings. The molecular weight excluding hydrogens is 480 g/mol. The molecular formula is C19H19F6N3O4S. The molecule has 1 aliphatic carbocycles. The van der Waals surface area contributed by atoms with Crippen LogP contribution < -0.4 is 10.1 Å². The lowest BCUT2D eigenvalue weighted by Gasteiger charge is -2.44. The number of carbonyl (C=O) groups is 1. The summed E-state index contributed by atoms with van der Waals surface area (Å²) in [5, 5.41) is 7.55. The van der Waals surface area contributed by atoms with Gasteiger partial charge in [-0.3, -0.25) is 9.89 Å². The van der Waals surface area contributed by atoms with Crippen LogP contribution in [0.1, 0.15) is 42.9 Å². The Hall–Kier alpha value is -2.77. The van der Waals surface area contributed by atoms with Gasteiger partial charge in [-0.25, -0.2) is 8.42 Å². The Labute approximate surface area is 184 Å². The SMILES string of the molecule is CC(C)([C@H]1C[C@@H](NC(=O)c2cc(C(F)(F)F)n[nH]2)C1)S(=O)(=O)c1cccc(OC(F)(F)F)c1. The molecule has 0 radical (unpaired) electrons. The zero-order chi connectivity index (χ0) is 24.8. The third kappa shape index (κ3) is 5.25. The highest BCUT2D eigenvalue weighted by Crippen LogP contribution is 2.44. The van der Waals surface area contributed by atoms with Gasteiger partial charge in [-0.05, 0) is 50.8 Å². The van der Waals surface area contributed by atoms with E-state index in [0.29, 0.717) is 6.07 Å². The minimum atomic E-state index is -4.98. The summed E-state index contributed by atoms with van der Waals surface area (Å²) in [6, 6.07) is 4.14. The van der Waals surface area contributed by atoms with Gasteiger partial charge in [-0.15, -0.1) is 13.2 Å². The predicted molar refractivity (Wildman–Crippen MR) is 102 cm³/mol. The number of ether oxygens (including phenoxy) is 1. The predicted octanol–water partition coefficient (Wildman–Crippen LogP) is 4.09. The molecule has 1 aliphatic rings. The summed E-state index contributed by atoms with van der Waals surface area (Å²) < 4.78 is 104. The van der Waals surface area contributed by atoms with Gasteiger partial charge < -0.3 is 10.1 Å². The molecule has 1 aromatic heterocycles. The second kappa shape index (κ2) is 8.22. The highest BCUT2D eigenvalue weighted by atomic mass is 32.2. The molecule has 7 nitrogen and oxygen atoms in total. The van der Waals surface area contributed by atoms with E-state index >= 15 is 0 Å². The summed E-state index contributed by atoms with van der Waals surface area (Å²) >= 11 is 0. The largest absolute Gasteiger partial charge is 0.573 e. The average Bonchev–Trinajstić information content (AvgIpc) is 3.13. The Morgan fingerprint density at radius 2 is 1.76 bits per heavy atom. The van der Waals surface area contributed by atoms with Gasteiger partial charge in [0.2, 0.25) is 0 Å². The number of sulfone groups is 1. The van der Waals surface area contributed by atoms with Crippen LogP contribution in [0.5, 0.6) is 5.75 Å². The van der Waals surface area contributed by atoms with Crippen LogP contribution in [0, 0.1) is 5.92 Å². The van der Waals surface area contributed by atoms with Crippen LogP contribution in [0.2, 0.25) is 0 Å². The van der Waals surface area contributed by atoms with Gasteiger partial charge in [0.25, 0.3) is 5.91 Å². The molecule has 2 N–H and O–H groups in total. The molecule has 0 bridgehead atoms. The second-order valence-corrected chi connectivity index (χ2v) is 10.7. The van der Waals surface area contributed by atoms with E-state index in [9.17, 15) is 39.6 Å². The van der Waals surface area contributed by atoms with Crippen LogP contribution in [0.4, 0.5) is 26.3 Å². The van der Waals surface area contributed by atoms with Crippen LogP contribution in [0.25, 0.3) is 0 Å². The molecule has 1 aromatic carbocycles. The van der Waals surface area contributed by atoms with E-state index in [-0.39, 0.29) is 23.4 Å². The third-order valence-electron chi connectivity index (χ3n) is 5.61. The monoisotopic (exact) mass is 499 g/mol. The lowest BCUT2D eigenvalue weighted by molar-refractivity contribution is -0.274. The van der Waals surface area contributed by atoms with Gasteiger partial charge >= 0.3 is 12.5 Å². The molecule has 1 fully saturated rings. The van der Waals surface area contributed by atoms with E-state index in [1.807, 2.05) is 5.10 Å². The van der Waals surface area contributed by atoms with Crippen molar-refractivity contribution in [1.29, 1.82) is 0 Å². The molecule has 14 heteroatoms. The van der Waals surface area contributed by atoms with E-state index in [1.165, 1.54) is 13.8 Å². The summed E-state index contributed by atoms with van der Waals surface area (Å²) in [4.78, 5) is 11.8. The molecule has 1 heterocycles. The minimum absolute atomic E-state index is 0.205. The van der Waals surface area contributed by atoms with Crippen molar-refractivity contribution < 1.29 is 44.3 Å². The number of nitrogens with one attached hydrogen (secondary N) is 2. The van der Waals surface area contributed by atoms with E-state index < -0.39 is 56.4 Å². The fourth-order valence-electron chi connectivity index (χ4n) is 3.51. The normalized spacial score (nSPS) is 19.6. The zero-order valence-electron chi connectivity index (χ0n) is 17.2. The van der Waals surface area contributed by atoms with Crippen LogP contribution in [-0.4, -0.2) is 41.7 Å². The molecule has 1 saturated carbocycles. The number of carbonyl (C=O) groups excluding carboxylic acids is 1. The second-order valence-electron chi connectivity index (χ2n) is 8.13. The number of nitrogens with zero attached hydrogens (tertiary/aromatic N) is 1. The lowest BCUT2D eigenvalue weighted by Crippen LogP contribution is -2.53. The average molecular weight is 499 g/mol. The molecule has 0 spiro atoms. The number of aromatic amines is 1. The molecule has 33 heavy (non-hydrogen) atoms. The number of halogens is 6. The maximum Gasteiger partial charge on any atom is 0.573 e. The van der Waals surface area contributed by atoms with Crippen molar-refractivity contribution in [2.75, 3.05) is 0 Å². The van der Waals surface area contributed by atoms with Gasteiger partial charge in [0.1, 0.15) is 11.4 Å². The van der Waals surface area contributed by atoms with Gasteiger partial charge in [-0.2, -0.15) is 18.3 Å². The number of hydrogen-bond donors (Lipinski definition) is 2. The smallest absolute Gasteiger partial charge is 0.406 e. The summed E-state index contributed by atoms with van der Waals surface area (Å²) in [7, 11) is -4.10. The maximum atomic E-state index is 13.1. The number of hydrogen-bond acceptors (Lipinski definition) is 5. The Bertz CT molecular complexity index is 1130. The Morgan fingerprint density at radius 1 is 1.12 bits per heavy atom. The highest BCUT2D eigenvalue weighted by Gasteiger charge is 2.49. The molecule has 0 unspecified atom stereocenters. The van der Waals surface area contributed by atoms with E-state index in [4.69, 9.17) is 0 Å². The van der Waals surface area contributed by atoms with Crippen molar-refractivity contribution in [1.82, 2.24) is 15.5 Å². The van der Waals surface area contributed by atoms with E-state index in [1.54, 1.807) is 0 Å². The molecule has 1 amide bonds. The Kier molecular flexibility index (Phi) is 6.19. The minimum Gasteiger partial charge on any atom is -0.406 e. The summed E-state index contributed by atoms with van der Waals surface area (Å²) in [6.45, 7) is 2.85. The maximum absolute atomic E-state index is 13.1. The van der Waals surface area contributed by atoms with Crippen molar-refractivity contribution in [3.63, 3.8) is 0 Å². The van der Waals surface area contributed by atoms with Gasteiger partial charge in [0.05, 0.1) is 9.64 Å². The van der Waals surface area contributed by atoms with Gasteiger partial charge in [-0.1, -0.05) is 6.07 Å². The number of H-pyrrole nitrogens is 1. The Balaban J connectivity index is 1.66. The first-order valence-electron chi connectivity index (χ1n) is 9.54. The molecule has 0 atom stereocenters. The van der Waals surface area contributed by atoms with Crippen LogP contribution in [0.3, 0.4) is 0 Å². The first-order valence-corrected chi connectivity index (χ1v) is 11.0. The van der Waals surface area contributed by atoms with E-state index in [0.717, 1.165) is 24.3 Å². The van der Waals surface area contributed by atoms with Gasteiger partial charge in [0.15, 0.2) is 15.5 Å². The van der Waals surface area contributed by atoms with Gasteiger partial charge in [0, 0.05) is 12.1 Å². The summed E-state index contributed by atoms with van der Waals surface area (Å²) in [5.74, 6) is -1.96. The van der Waals surface area contributed by atoms with Crippen molar-refractivity contribution in [3.05, 3.63) is 41.7 Å². The summed E-state index contributed by atoms with van der Waals surface area (Å²) in [6.07, 6.45) is -9.28. The zero-order valence-corrected chi connectivity index (χ0v) is 18.0. The molecule has 182 valence electrons. The first-order chi connectivity index (χ1) is 15.0. The topological polar surface area (TPSA) is 101 Å². The van der Waals surface area contributed by atoms with Crippen LogP contribution in [-0.2, 0) is 16.0 Å². The standard InChI is InChI=1S/C19H19F6N3O4S/c1-17(2,33(30,31)13-5-3-4-12(8-13)32-19(23,24)25)10-6-11(7-10)26-16(29)14-9-15(28-27-14)18(20,21)22/h3-5,8-11H,6-7H2,1-2H3,(H,26,29)(H,27,28)/t10-,11+. The number of amides is 1. The highest BCUT2D eigenvalue weighted by molar-refractivity contribution is 7.92. The van der Waals surface area contributed by atoms with Crippen LogP contribution >= 0.6 is 0 Å². The fraction of sp³-hybridized carbons (Fsp3) is 0.474. The summed E-state index contributed by atoms with van der Waals surface area (Å²) in [5.41, 5.74) is -1.64. The van der Waals surface area contributed by atoms with Crippen molar-refractivity contribution in [3.8, 4) is 5.75 Å². The number of benzene rings is 1. The first kappa shape index (κ1) is 24.9. The van der Waals surface area contributed by atoms with Crippen molar-refractivity contribution in [2.24, 2.45) is 5.92 Å². The lowest BCUT2D eigenvalue weighted by atomic mass is 9.73. The number of alkyl halides is 6. The third-order valence-corrected chi connectivity index (χ3v) is 8.20. The number of rotatable bonds is 6. The van der Waals surface area contributed by atoms with E-state index in [2.05, 4.69) is 15.2 Å². The molecule has 3 rings (SSSR count). The van der Waals surface area contributed by atoms with Crippen molar-refractivity contribution >= 4 is 15.7 Å². The Morgan fingerprint density at radius 3 is 2.30 bits per heavy atom. The van der Waals surface area contributed by atoms with Crippen molar-refractivity contribution in [2.45, 2.75) is 54.9 Å². The quantitative estimate of drug-likeness (QED) is 0.584.